The lowest BCUT2D eigenvalue weighted by atomic mass is 10.0. The molecule has 0 unspecified atom stereocenters. The number of thiophene rings is 1. The number of carbonyl (C=O) groups is 1. The molecule has 0 radical (unpaired) electrons. The van der Waals surface area contributed by atoms with E-state index in [-0.39, 0.29) is 5.91 Å². The highest BCUT2D eigenvalue weighted by molar-refractivity contribution is 7.10. The SMILES string of the molecule is Cc1noc(C)c1CN1CCc2c(C(=O)NCCn3ccnn3)csc2C1. The summed E-state index contributed by atoms with van der Waals surface area (Å²) in [5, 5.41) is 16.7. The fourth-order valence-corrected chi connectivity index (χ4v) is 4.51. The summed E-state index contributed by atoms with van der Waals surface area (Å²) < 4.78 is 6.97. The smallest absolute Gasteiger partial charge is 0.252 e. The van der Waals surface area contributed by atoms with Crippen LogP contribution in [0, 0.1) is 13.8 Å². The van der Waals surface area contributed by atoms with Crippen LogP contribution >= 0.6 is 11.3 Å². The molecule has 4 heterocycles. The highest BCUT2D eigenvalue weighted by Crippen LogP contribution is 2.30. The molecule has 0 aromatic carbocycles. The van der Waals surface area contributed by atoms with Gasteiger partial charge in [-0.2, -0.15) is 0 Å². The molecule has 0 saturated carbocycles. The molecule has 1 amide bonds. The van der Waals surface area contributed by atoms with Crippen molar-refractivity contribution >= 4 is 17.2 Å². The molecular weight excluding hydrogens is 364 g/mol. The van der Waals surface area contributed by atoms with E-state index in [0.29, 0.717) is 13.1 Å². The second kappa shape index (κ2) is 7.61. The van der Waals surface area contributed by atoms with Crippen LogP contribution < -0.4 is 5.32 Å². The molecule has 1 aliphatic rings. The third-order valence-electron chi connectivity index (χ3n) is 4.93. The maximum absolute atomic E-state index is 12.5. The Labute approximate surface area is 161 Å². The number of amides is 1. The molecule has 142 valence electrons. The van der Waals surface area contributed by atoms with E-state index < -0.39 is 0 Å². The normalized spacial score (nSPS) is 14.3. The van der Waals surface area contributed by atoms with Gasteiger partial charge >= 0.3 is 0 Å². The number of nitrogens with zero attached hydrogens (tertiary/aromatic N) is 5. The van der Waals surface area contributed by atoms with Crippen LogP contribution in [-0.4, -0.2) is 44.0 Å². The monoisotopic (exact) mass is 386 g/mol. The van der Waals surface area contributed by atoms with E-state index in [1.54, 1.807) is 28.4 Å². The largest absolute Gasteiger partial charge is 0.361 e. The number of hydrogen-bond donors (Lipinski definition) is 1. The van der Waals surface area contributed by atoms with E-state index in [2.05, 4.69) is 25.7 Å². The molecule has 0 fully saturated rings. The van der Waals surface area contributed by atoms with Gasteiger partial charge in [0.05, 0.1) is 24.0 Å². The average molecular weight is 386 g/mol. The van der Waals surface area contributed by atoms with Gasteiger partial charge in [-0.05, 0) is 25.8 Å². The fourth-order valence-electron chi connectivity index (χ4n) is 3.39. The van der Waals surface area contributed by atoms with Crippen molar-refractivity contribution in [2.45, 2.75) is 39.9 Å². The third-order valence-corrected chi connectivity index (χ3v) is 5.95. The summed E-state index contributed by atoms with van der Waals surface area (Å²) in [5.74, 6) is 0.878. The number of hydrogen-bond acceptors (Lipinski definition) is 7. The van der Waals surface area contributed by atoms with E-state index in [0.717, 1.165) is 43.1 Å². The molecule has 3 aromatic heterocycles. The highest BCUT2D eigenvalue weighted by atomic mass is 32.1. The molecule has 0 saturated heterocycles. The second-order valence-corrected chi connectivity index (χ2v) is 7.70. The van der Waals surface area contributed by atoms with Gasteiger partial charge in [-0.1, -0.05) is 10.4 Å². The van der Waals surface area contributed by atoms with Gasteiger partial charge < -0.3 is 9.84 Å². The van der Waals surface area contributed by atoms with Crippen molar-refractivity contribution in [1.29, 1.82) is 0 Å². The minimum absolute atomic E-state index is 0.00760. The van der Waals surface area contributed by atoms with Gasteiger partial charge in [0.15, 0.2) is 0 Å². The summed E-state index contributed by atoms with van der Waals surface area (Å²) >= 11 is 1.67. The van der Waals surface area contributed by atoms with Gasteiger partial charge in [-0.25, -0.2) is 0 Å². The second-order valence-electron chi connectivity index (χ2n) is 6.74. The molecule has 1 N–H and O–H groups in total. The van der Waals surface area contributed by atoms with Crippen LogP contribution in [0.1, 0.15) is 37.8 Å². The first-order valence-electron chi connectivity index (χ1n) is 8.97. The Bertz CT molecular complexity index is 910. The minimum atomic E-state index is -0.00760. The first-order chi connectivity index (χ1) is 13.1. The van der Waals surface area contributed by atoms with Crippen LogP contribution in [0.3, 0.4) is 0 Å². The summed E-state index contributed by atoms with van der Waals surface area (Å²) in [6.45, 7) is 7.70. The first-order valence-corrected chi connectivity index (χ1v) is 9.85. The first kappa shape index (κ1) is 17.9. The number of carbonyl (C=O) groups excluding carboxylic acids is 1. The van der Waals surface area contributed by atoms with E-state index in [1.807, 2.05) is 19.2 Å². The average Bonchev–Trinajstić information content (AvgIpc) is 3.38. The van der Waals surface area contributed by atoms with Crippen molar-refractivity contribution in [3.8, 4) is 0 Å². The Morgan fingerprint density at radius 3 is 3.04 bits per heavy atom. The molecule has 0 atom stereocenters. The van der Waals surface area contributed by atoms with Crippen LogP contribution in [-0.2, 0) is 26.1 Å². The Kier molecular flexibility index (Phi) is 5.04. The number of aryl methyl sites for hydroxylation is 2. The third kappa shape index (κ3) is 3.79. The maximum Gasteiger partial charge on any atom is 0.252 e. The number of aromatic nitrogens is 4. The minimum Gasteiger partial charge on any atom is -0.361 e. The molecular formula is C18H22N6O2S. The van der Waals surface area contributed by atoms with Gasteiger partial charge in [-0.3, -0.25) is 14.4 Å². The molecule has 9 heteroatoms. The topological polar surface area (TPSA) is 89.1 Å². The van der Waals surface area contributed by atoms with Crippen molar-refractivity contribution in [1.82, 2.24) is 30.4 Å². The lowest BCUT2D eigenvalue weighted by Gasteiger charge is -2.27. The van der Waals surface area contributed by atoms with Gasteiger partial charge in [0.2, 0.25) is 0 Å². The fraction of sp³-hybridized carbons (Fsp3) is 0.444. The lowest BCUT2D eigenvalue weighted by molar-refractivity contribution is 0.0950. The standard InChI is InChI=1S/C18H22N6O2S/c1-12-15(13(2)26-21-12)9-23-6-3-14-16(11-27-17(14)10-23)18(25)19-4-7-24-8-5-20-22-24/h5,8,11H,3-4,6-7,9-10H2,1-2H3,(H,19,25). The van der Waals surface area contributed by atoms with Crippen molar-refractivity contribution in [2.75, 3.05) is 13.1 Å². The van der Waals surface area contributed by atoms with E-state index in [1.165, 1.54) is 16.0 Å². The number of fused-ring (bicyclic) bond motifs is 1. The van der Waals surface area contributed by atoms with Crippen molar-refractivity contribution in [3.63, 3.8) is 0 Å². The quantitative estimate of drug-likeness (QED) is 0.696. The zero-order chi connectivity index (χ0) is 18.8. The summed E-state index contributed by atoms with van der Waals surface area (Å²) in [4.78, 5) is 16.2. The van der Waals surface area contributed by atoms with Gasteiger partial charge in [0.1, 0.15) is 5.76 Å². The Morgan fingerprint density at radius 2 is 2.30 bits per heavy atom. The van der Waals surface area contributed by atoms with E-state index in [9.17, 15) is 4.79 Å². The maximum atomic E-state index is 12.5. The van der Waals surface area contributed by atoms with Gasteiger partial charge in [-0.15, -0.1) is 16.4 Å². The van der Waals surface area contributed by atoms with Crippen LogP contribution in [0.25, 0.3) is 0 Å². The summed E-state index contributed by atoms with van der Waals surface area (Å²) in [6, 6.07) is 0. The molecule has 0 spiro atoms. The predicted octanol–water partition coefficient (Wildman–Crippen LogP) is 1.93. The lowest BCUT2D eigenvalue weighted by Crippen LogP contribution is -2.32. The molecule has 0 bridgehead atoms. The Morgan fingerprint density at radius 1 is 1.41 bits per heavy atom. The number of rotatable bonds is 6. The molecule has 3 aromatic rings. The number of nitrogens with one attached hydrogen (secondary N) is 1. The summed E-state index contributed by atoms with van der Waals surface area (Å²) in [7, 11) is 0. The summed E-state index contributed by atoms with van der Waals surface area (Å²) in [5.41, 5.74) is 4.12. The van der Waals surface area contributed by atoms with Crippen molar-refractivity contribution in [3.05, 3.63) is 50.8 Å². The van der Waals surface area contributed by atoms with Crippen LogP contribution in [0.5, 0.6) is 0 Å². The molecule has 1 aliphatic heterocycles. The zero-order valence-electron chi connectivity index (χ0n) is 15.4. The zero-order valence-corrected chi connectivity index (χ0v) is 16.3. The van der Waals surface area contributed by atoms with Gasteiger partial charge in [0.25, 0.3) is 5.91 Å². The molecule has 8 nitrogen and oxygen atoms in total. The molecule has 0 aliphatic carbocycles. The summed E-state index contributed by atoms with van der Waals surface area (Å²) in [6.07, 6.45) is 4.30. The van der Waals surface area contributed by atoms with Crippen LogP contribution in [0.4, 0.5) is 0 Å². The van der Waals surface area contributed by atoms with Crippen molar-refractivity contribution < 1.29 is 9.32 Å². The molecule has 4 rings (SSSR count). The van der Waals surface area contributed by atoms with Crippen molar-refractivity contribution in [2.24, 2.45) is 0 Å². The Balaban J connectivity index is 1.37. The highest BCUT2D eigenvalue weighted by Gasteiger charge is 2.25. The van der Waals surface area contributed by atoms with E-state index >= 15 is 0 Å². The Hall–Kier alpha value is -2.52. The van der Waals surface area contributed by atoms with E-state index in [4.69, 9.17) is 4.52 Å². The predicted molar refractivity (Wildman–Crippen MR) is 100 cm³/mol. The van der Waals surface area contributed by atoms with Crippen LogP contribution in [0.2, 0.25) is 0 Å². The molecule has 27 heavy (non-hydrogen) atoms. The van der Waals surface area contributed by atoms with Crippen LogP contribution in [0.15, 0.2) is 22.3 Å². The van der Waals surface area contributed by atoms with Gasteiger partial charge in [0, 0.05) is 48.2 Å².